The maximum absolute atomic E-state index is 13.8. The van der Waals surface area contributed by atoms with E-state index in [-0.39, 0.29) is 17.3 Å². The number of halogens is 2. The lowest BCUT2D eigenvalue weighted by Crippen LogP contribution is -2.17. The molecule has 0 aliphatic heterocycles. The topological polar surface area (TPSA) is 107 Å². The quantitative estimate of drug-likeness (QED) is 0.520. The molecule has 1 amide bonds. The van der Waals surface area contributed by atoms with Gasteiger partial charge in [-0.25, -0.2) is 14.4 Å². The summed E-state index contributed by atoms with van der Waals surface area (Å²) in [6, 6.07) is 12.8. The minimum absolute atomic E-state index is 0.0219. The normalized spacial score (nSPS) is 10.8. The number of rotatable bonds is 7. The van der Waals surface area contributed by atoms with Gasteiger partial charge >= 0.3 is 0 Å². The molecular weight excluding hydrogens is 425 g/mol. The van der Waals surface area contributed by atoms with Crippen LogP contribution in [0.2, 0.25) is 0 Å². The Bertz CT molecular complexity index is 1010. The number of nitrogen functional groups attached to an aromatic ring is 1. The Hall–Kier alpha value is -2.84. The summed E-state index contributed by atoms with van der Waals surface area (Å²) < 4.78 is 14.6. The van der Waals surface area contributed by atoms with Crippen LogP contribution in [0.3, 0.4) is 0 Å². The molecule has 144 valence electrons. The van der Waals surface area contributed by atoms with Crippen molar-refractivity contribution in [3.8, 4) is 0 Å². The number of carbonyl (C=O) groups excluding carboxylic acids is 1. The molecule has 8 heteroatoms. The second-order valence-corrected chi connectivity index (χ2v) is 7.21. The third-order valence-corrected chi connectivity index (χ3v) is 4.61. The first kappa shape index (κ1) is 19.9. The monoisotopic (exact) mass is 443 g/mol. The van der Waals surface area contributed by atoms with E-state index < -0.39 is 5.91 Å². The highest BCUT2D eigenvalue weighted by Crippen LogP contribution is 2.16. The molecule has 3 rings (SSSR count). The zero-order chi connectivity index (χ0) is 20.1. The second-order valence-electron chi connectivity index (χ2n) is 6.30. The summed E-state index contributed by atoms with van der Waals surface area (Å²) in [5.41, 5.74) is 14.1. The van der Waals surface area contributed by atoms with Crippen LogP contribution in [0.25, 0.3) is 0 Å². The summed E-state index contributed by atoms with van der Waals surface area (Å²) in [6.07, 6.45) is 2.02. The summed E-state index contributed by atoms with van der Waals surface area (Å²) >= 11 is 3.35. The molecular formula is C20H19BrFN5O. The van der Waals surface area contributed by atoms with Crippen molar-refractivity contribution >= 4 is 27.7 Å². The molecule has 28 heavy (non-hydrogen) atoms. The molecule has 0 saturated heterocycles. The molecule has 0 aliphatic rings. The first-order valence-corrected chi connectivity index (χ1v) is 9.35. The van der Waals surface area contributed by atoms with Gasteiger partial charge in [-0.15, -0.1) is 0 Å². The number of nitrogens with one attached hydrogen (secondary N) is 1. The molecule has 0 atom stereocenters. The van der Waals surface area contributed by atoms with Gasteiger partial charge < -0.3 is 16.8 Å². The molecule has 0 saturated carbocycles. The summed E-state index contributed by atoms with van der Waals surface area (Å²) in [7, 11) is 0. The fourth-order valence-electron chi connectivity index (χ4n) is 2.78. The van der Waals surface area contributed by atoms with Crippen LogP contribution in [-0.2, 0) is 19.5 Å². The van der Waals surface area contributed by atoms with E-state index in [1.54, 1.807) is 12.1 Å². The van der Waals surface area contributed by atoms with Gasteiger partial charge in [0, 0.05) is 29.5 Å². The van der Waals surface area contributed by atoms with Crippen molar-refractivity contribution in [1.29, 1.82) is 0 Å². The maximum Gasteiger partial charge on any atom is 0.271 e. The summed E-state index contributed by atoms with van der Waals surface area (Å²) in [5, 5.41) is 3.24. The lowest BCUT2D eigenvalue weighted by atomic mass is 10.1. The maximum atomic E-state index is 13.8. The van der Waals surface area contributed by atoms with Crippen LogP contribution in [0.5, 0.6) is 0 Å². The van der Waals surface area contributed by atoms with Crippen LogP contribution >= 0.6 is 15.9 Å². The van der Waals surface area contributed by atoms with E-state index in [0.29, 0.717) is 30.8 Å². The lowest BCUT2D eigenvalue weighted by Gasteiger charge is -2.09. The number of primary amides is 1. The smallest absolute Gasteiger partial charge is 0.271 e. The Morgan fingerprint density at radius 1 is 1.14 bits per heavy atom. The molecule has 6 nitrogen and oxygen atoms in total. The van der Waals surface area contributed by atoms with Crippen molar-refractivity contribution in [2.24, 2.45) is 5.73 Å². The molecule has 2 aromatic carbocycles. The predicted molar refractivity (Wildman–Crippen MR) is 109 cm³/mol. The average Bonchev–Trinajstić information content (AvgIpc) is 2.66. The largest absolute Gasteiger partial charge is 0.382 e. The van der Waals surface area contributed by atoms with Gasteiger partial charge in [-0.05, 0) is 29.3 Å². The van der Waals surface area contributed by atoms with Crippen molar-refractivity contribution in [3.05, 3.63) is 87.0 Å². The van der Waals surface area contributed by atoms with E-state index in [4.69, 9.17) is 11.5 Å². The van der Waals surface area contributed by atoms with Crippen LogP contribution in [0.15, 0.2) is 53.1 Å². The Kier molecular flexibility index (Phi) is 6.33. The van der Waals surface area contributed by atoms with Gasteiger partial charge in [0.2, 0.25) is 0 Å². The van der Waals surface area contributed by atoms with E-state index in [0.717, 1.165) is 15.6 Å². The van der Waals surface area contributed by atoms with Crippen molar-refractivity contribution in [2.45, 2.75) is 19.5 Å². The number of aromatic nitrogens is 2. The van der Waals surface area contributed by atoms with Crippen LogP contribution in [0, 0.1) is 5.82 Å². The highest BCUT2D eigenvalue weighted by Gasteiger charge is 2.11. The van der Waals surface area contributed by atoms with Gasteiger partial charge in [-0.1, -0.05) is 40.2 Å². The average molecular weight is 444 g/mol. The molecule has 0 bridgehead atoms. The van der Waals surface area contributed by atoms with Crippen LogP contribution in [0.4, 0.5) is 10.2 Å². The molecule has 0 spiro atoms. The van der Waals surface area contributed by atoms with Gasteiger partial charge in [0.1, 0.15) is 5.82 Å². The lowest BCUT2D eigenvalue weighted by molar-refractivity contribution is 0.0996. The van der Waals surface area contributed by atoms with Gasteiger partial charge in [0.15, 0.2) is 11.5 Å². The number of carbonyl (C=O) groups is 1. The van der Waals surface area contributed by atoms with Crippen LogP contribution in [-0.4, -0.2) is 15.9 Å². The molecule has 1 aromatic heterocycles. The van der Waals surface area contributed by atoms with Crippen LogP contribution < -0.4 is 16.8 Å². The Morgan fingerprint density at radius 2 is 1.93 bits per heavy atom. The van der Waals surface area contributed by atoms with Gasteiger partial charge in [-0.2, -0.15) is 0 Å². The van der Waals surface area contributed by atoms with Gasteiger partial charge in [0.05, 0.1) is 11.9 Å². The number of amides is 1. The predicted octanol–water partition coefficient (Wildman–Crippen LogP) is 2.94. The molecule has 1 heterocycles. The SMILES string of the molecule is NC(=O)c1nc(Cc2cccc(CNCc3cc(Br)ccc3F)c2)cnc1N. The van der Waals surface area contributed by atoms with E-state index in [1.165, 1.54) is 12.3 Å². The zero-order valence-electron chi connectivity index (χ0n) is 15.0. The summed E-state index contributed by atoms with van der Waals surface area (Å²) in [5.74, 6) is -0.921. The van der Waals surface area contributed by atoms with Gasteiger partial charge in [0.25, 0.3) is 5.91 Å². The van der Waals surface area contributed by atoms with E-state index >= 15 is 0 Å². The third-order valence-electron chi connectivity index (χ3n) is 4.11. The summed E-state index contributed by atoms with van der Waals surface area (Å²) in [6.45, 7) is 1.00. The minimum Gasteiger partial charge on any atom is -0.382 e. The van der Waals surface area contributed by atoms with E-state index in [1.807, 2.05) is 24.3 Å². The number of anilines is 1. The number of hydrogen-bond acceptors (Lipinski definition) is 5. The van der Waals surface area contributed by atoms with E-state index in [9.17, 15) is 9.18 Å². The molecule has 0 aliphatic carbocycles. The minimum atomic E-state index is -0.704. The third kappa shape index (κ3) is 5.11. The molecule has 0 fully saturated rings. The van der Waals surface area contributed by atoms with E-state index in [2.05, 4.69) is 31.2 Å². The van der Waals surface area contributed by atoms with Crippen molar-refractivity contribution in [3.63, 3.8) is 0 Å². The van der Waals surface area contributed by atoms with Gasteiger partial charge in [-0.3, -0.25) is 4.79 Å². The number of benzene rings is 2. The highest BCUT2D eigenvalue weighted by molar-refractivity contribution is 9.10. The van der Waals surface area contributed by atoms with Crippen molar-refractivity contribution in [2.75, 3.05) is 5.73 Å². The number of nitrogens with zero attached hydrogens (tertiary/aromatic N) is 2. The first-order valence-electron chi connectivity index (χ1n) is 8.56. The zero-order valence-corrected chi connectivity index (χ0v) is 16.5. The number of nitrogens with two attached hydrogens (primary N) is 2. The Labute approximate surface area is 170 Å². The van der Waals surface area contributed by atoms with Crippen LogP contribution in [0.1, 0.15) is 32.9 Å². The molecule has 0 radical (unpaired) electrons. The fourth-order valence-corrected chi connectivity index (χ4v) is 3.19. The first-order chi connectivity index (χ1) is 13.4. The number of hydrogen-bond donors (Lipinski definition) is 3. The molecule has 5 N–H and O–H groups in total. The molecule has 0 unspecified atom stereocenters. The Morgan fingerprint density at radius 3 is 2.71 bits per heavy atom. The molecule has 3 aromatic rings. The summed E-state index contributed by atoms with van der Waals surface area (Å²) in [4.78, 5) is 19.5. The highest BCUT2D eigenvalue weighted by atomic mass is 79.9. The fraction of sp³-hybridized carbons (Fsp3) is 0.150. The van der Waals surface area contributed by atoms with Crippen molar-refractivity contribution in [1.82, 2.24) is 15.3 Å². The van der Waals surface area contributed by atoms with Crippen molar-refractivity contribution < 1.29 is 9.18 Å². The Balaban J connectivity index is 1.65. The standard InChI is InChI=1S/C20H19BrFN5O/c21-15-4-5-17(22)14(8-15)10-25-9-13-3-1-2-12(6-13)7-16-11-26-19(23)18(27-16)20(24)28/h1-6,8,11,25H,7,9-10H2,(H2,23,26)(H2,24,28). The second kappa shape index (κ2) is 8.90.